The monoisotopic (exact) mass is 297 g/mol. The summed E-state index contributed by atoms with van der Waals surface area (Å²) in [5, 5.41) is 6.92. The molecule has 0 bridgehead atoms. The zero-order valence-corrected chi connectivity index (χ0v) is 13.3. The molecule has 0 aliphatic carbocycles. The number of thioether (sulfide) groups is 1. The second-order valence-electron chi connectivity index (χ2n) is 5.26. The molecule has 0 radical (unpaired) electrons. The zero-order chi connectivity index (χ0) is 14.0. The molecule has 0 aromatic heterocycles. The summed E-state index contributed by atoms with van der Waals surface area (Å²) in [4.78, 5) is 4.71. The first kappa shape index (κ1) is 15.7. The molecular weight excluding hydrogens is 270 g/mol. The summed E-state index contributed by atoms with van der Waals surface area (Å²) in [5.41, 5.74) is 1.49. The fraction of sp³-hybridized carbons (Fsp3) is 0.800. The average molecular weight is 297 g/mol. The molecule has 2 aliphatic heterocycles. The molecule has 0 saturated carbocycles. The van der Waals surface area contributed by atoms with Crippen LogP contribution in [0.5, 0.6) is 0 Å². The minimum Gasteiger partial charge on any atom is -0.377 e. The Labute approximate surface area is 126 Å². The van der Waals surface area contributed by atoms with E-state index >= 15 is 0 Å². The van der Waals surface area contributed by atoms with Gasteiger partial charge in [-0.05, 0) is 38.4 Å². The Morgan fingerprint density at radius 3 is 3.20 bits per heavy atom. The first-order chi connectivity index (χ1) is 9.88. The van der Waals surface area contributed by atoms with E-state index in [0.717, 1.165) is 45.1 Å². The summed E-state index contributed by atoms with van der Waals surface area (Å²) in [5.74, 6) is 3.49. The van der Waals surface area contributed by atoms with Gasteiger partial charge in [-0.25, -0.2) is 0 Å². The summed E-state index contributed by atoms with van der Waals surface area (Å²) < 4.78 is 5.33. The largest absolute Gasteiger partial charge is 0.377 e. The van der Waals surface area contributed by atoms with Crippen LogP contribution in [0.1, 0.15) is 32.6 Å². The second-order valence-corrected chi connectivity index (χ2v) is 6.41. The fourth-order valence-electron chi connectivity index (χ4n) is 2.47. The van der Waals surface area contributed by atoms with Crippen LogP contribution in [0.4, 0.5) is 0 Å². The Morgan fingerprint density at radius 2 is 2.50 bits per heavy atom. The van der Waals surface area contributed by atoms with Gasteiger partial charge in [0.15, 0.2) is 5.96 Å². The zero-order valence-electron chi connectivity index (χ0n) is 12.5. The van der Waals surface area contributed by atoms with Crippen LogP contribution in [0, 0.1) is 0 Å². The van der Waals surface area contributed by atoms with Crippen molar-refractivity contribution in [2.24, 2.45) is 4.99 Å². The van der Waals surface area contributed by atoms with E-state index in [4.69, 9.17) is 9.73 Å². The predicted molar refractivity (Wildman–Crippen MR) is 87.6 cm³/mol. The number of nitrogens with one attached hydrogen (secondary N) is 2. The number of nitrogens with zero attached hydrogens (tertiary/aromatic N) is 1. The fourth-order valence-corrected chi connectivity index (χ4v) is 3.54. The van der Waals surface area contributed by atoms with Gasteiger partial charge >= 0.3 is 0 Å². The quantitative estimate of drug-likeness (QED) is 0.464. The van der Waals surface area contributed by atoms with Gasteiger partial charge in [0.05, 0.1) is 13.2 Å². The third-order valence-electron chi connectivity index (χ3n) is 3.61. The Hall–Kier alpha value is -0.680. The Morgan fingerprint density at radius 1 is 1.55 bits per heavy atom. The Bertz CT molecular complexity index is 338. The molecule has 1 fully saturated rings. The lowest BCUT2D eigenvalue weighted by atomic mass is 10.1. The molecule has 1 atom stereocenters. The van der Waals surface area contributed by atoms with E-state index in [1.54, 1.807) is 0 Å². The molecule has 2 rings (SSSR count). The highest BCUT2D eigenvalue weighted by atomic mass is 32.2. The molecule has 0 unspecified atom stereocenters. The molecule has 20 heavy (non-hydrogen) atoms. The van der Waals surface area contributed by atoms with Crippen LogP contribution in [-0.4, -0.2) is 49.8 Å². The summed E-state index contributed by atoms with van der Waals surface area (Å²) in [6.45, 7) is 5.54. The van der Waals surface area contributed by atoms with Crippen LogP contribution in [-0.2, 0) is 4.74 Å². The van der Waals surface area contributed by atoms with Gasteiger partial charge in [0, 0.05) is 24.9 Å². The smallest absolute Gasteiger partial charge is 0.191 e. The molecule has 2 heterocycles. The van der Waals surface area contributed by atoms with Crippen LogP contribution < -0.4 is 10.6 Å². The van der Waals surface area contributed by atoms with Gasteiger partial charge in [-0.2, -0.15) is 11.8 Å². The second kappa shape index (κ2) is 9.29. The van der Waals surface area contributed by atoms with Crippen LogP contribution in [0.2, 0.25) is 0 Å². The number of ether oxygens (including phenoxy) is 1. The van der Waals surface area contributed by atoms with Crippen molar-refractivity contribution >= 4 is 17.7 Å². The van der Waals surface area contributed by atoms with Gasteiger partial charge in [-0.3, -0.25) is 4.99 Å². The van der Waals surface area contributed by atoms with Crippen molar-refractivity contribution in [3.8, 4) is 0 Å². The minimum atomic E-state index is 0.578. The lowest BCUT2D eigenvalue weighted by Crippen LogP contribution is -2.45. The number of hydrogen-bond donors (Lipinski definition) is 2. The first-order valence-electron chi connectivity index (χ1n) is 7.76. The van der Waals surface area contributed by atoms with Crippen molar-refractivity contribution < 1.29 is 4.74 Å². The molecule has 4 nitrogen and oxygen atoms in total. The lowest BCUT2D eigenvalue weighted by Gasteiger charge is -2.24. The summed E-state index contributed by atoms with van der Waals surface area (Å²) >= 11 is 2.04. The summed E-state index contributed by atoms with van der Waals surface area (Å²) in [6.07, 6.45) is 6.91. The lowest BCUT2D eigenvalue weighted by molar-refractivity contribution is 0.153. The number of guanidine groups is 1. The van der Waals surface area contributed by atoms with Crippen LogP contribution in [0.15, 0.2) is 16.6 Å². The van der Waals surface area contributed by atoms with E-state index in [9.17, 15) is 0 Å². The van der Waals surface area contributed by atoms with Crippen molar-refractivity contribution in [1.29, 1.82) is 0 Å². The van der Waals surface area contributed by atoms with Crippen LogP contribution >= 0.6 is 11.8 Å². The molecule has 0 aromatic carbocycles. The third kappa shape index (κ3) is 5.75. The van der Waals surface area contributed by atoms with Crippen molar-refractivity contribution in [1.82, 2.24) is 10.6 Å². The topological polar surface area (TPSA) is 45.7 Å². The highest BCUT2D eigenvalue weighted by molar-refractivity contribution is 7.99. The molecule has 0 aromatic rings. The number of aliphatic imine (C=N–C) groups is 1. The van der Waals surface area contributed by atoms with Gasteiger partial charge in [-0.15, -0.1) is 0 Å². The molecular formula is C15H27N3OS. The molecule has 1 saturated heterocycles. The average Bonchev–Trinajstić information content (AvgIpc) is 2.49. The van der Waals surface area contributed by atoms with E-state index in [1.807, 2.05) is 11.8 Å². The molecule has 114 valence electrons. The van der Waals surface area contributed by atoms with Crippen LogP contribution in [0.3, 0.4) is 0 Å². The van der Waals surface area contributed by atoms with Crippen molar-refractivity contribution in [3.63, 3.8) is 0 Å². The maximum atomic E-state index is 5.33. The van der Waals surface area contributed by atoms with E-state index in [2.05, 4.69) is 23.6 Å². The molecule has 5 heteroatoms. The number of rotatable bonds is 5. The van der Waals surface area contributed by atoms with Crippen molar-refractivity contribution in [3.05, 3.63) is 11.6 Å². The number of hydrogen-bond acceptors (Lipinski definition) is 3. The van der Waals surface area contributed by atoms with Gasteiger partial charge in [-0.1, -0.05) is 11.6 Å². The van der Waals surface area contributed by atoms with Crippen molar-refractivity contribution in [2.75, 3.05) is 37.8 Å². The predicted octanol–water partition coefficient (Wildman–Crippen LogP) is 2.17. The van der Waals surface area contributed by atoms with Gasteiger partial charge in [0.1, 0.15) is 0 Å². The maximum absolute atomic E-state index is 5.33. The Kier molecular flexibility index (Phi) is 7.30. The molecule has 2 aliphatic rings. The third-order valence-corrected chi connectivity index (χ3v) is 4.82. The van der Waals surface area contributed by atoms with Gasteiger partial charge in [0.2, 0.25) is 0 Å². The molecule has 2 N–H and O–H groups in total. The molecule has 0 spiro atoms. The normalized spacial score (nSPS) is 24.1. The highest BCUT2D eigenvalue weighted by Crippen LogP contribution is 2.16. The standard InChI is InChI=1S/C15H27N3OS/c1-2-16-15(18-14-4-3-11-20-12-14)17-8-5-13-6-9-19-10-7-13/h6,14H,2-5,7-12H2,1H3,(H2,16,17,18)/t14-/m1/s1. The maximum Gasteiger partial charge on any atom is 0.191 e. The minimum absolute atomic E-state index is 0.578. The van der Waals surface area contributed by atoms with E-state index in [0.29, 0.717) is 6.04 Å². The molecule has 0 amide bonds. The van der Waals surface area contributed by atoms with E-state index < -0.39 is 0 Å². The summed E-state index contributed by atoms with van der Waals surface area (Å²) in [6, 6.07) is 0.578. The van der Waals surface area contributed by atoms with E-state index in [-0.39, 0.29) is 0 Å². The van der Waals surface area contributed by atoms with E-state index in [1.165, 1.54) is 29.9 Å². The van der Waals surface area contributed by atoms with Crippen molar-refractivity contribution in [2.45, 2.75) is 38.6 Å². The van der Waals surface area contributed by atoms with Gasteiger partial charge in [0.25, 0.3) is 0 Å². The first-order valence-corrected chi connectivity index (χ1v) is 8.92. The van der Waals surface area contributed by atoms with Gasteiger partial charge < -0.3 is 15.4 Å². The Balaban J connectivity index is 1.76. The van der Waals surface area contributed by atoms with Crippen LogP contribution in [0.25, 0.3) is 0 Å². The SMILES string of the molecule is CCNC(=NCCC1=CCOCC1)N[C@@H]1CCCSC1. The highest BCUT2D eigenvalue weighted by Gasteiger charge is 2.14. The summed E-state index contributed by atoms with van der Waals surface area (Å²) in [7, 11) is 0.